The minimum Gasteiger partial charge on any atom is -0.495 e. The summed E-state index contributed by atoms with van der Waals surface area (Å²) in [6.45, 7) is -0.191. The number of halogens is 1. The Morgan fingerprint density at radius 1 is 1.19 bits per heavy atom. The molecule has 8 heteroatoms. The van der Waals surface area contributed by atoms with Gasteiger partial charge in [-0.15, -0.1) is 0 Å². The number of benzene rings is 2. The Morgan fingerprint density at radius 3 is 2.65 bits per heavy atom. The predicted octanol–water partition coefficient (Wildman–Crippen LogP) is 2.71. The molecule has 7 nitrogen and oxygen atoms in total. The van der Waals surface area contributed by atoms with Crippen molar-refractivity contribution in [3.05, 3.63) is 58.1 Å². The number of rotatable bonds is 5. The van der Waals surface area contributed by atoms with Crippen LogP contribution in [-0.2, 0) is 11.3 Å². The minimum atomic E-state index is -0.413. The molecule has 2 aromatic carbocycles. The Labute approximate surface area is 154 Å². The van der Waals surface area contributed by atoms with Crippen molar-refractivity contribution in [2.75, 3.05) is 19.5 Å². The van der Waals surface area contributed by atoms with Gasteiger partial charge in [0.1, 0.15) is 18.0 Å². The highest BCUT2D eigenvalue weighted by molar-refractivity contribution is 6.32. The van der Waals surface area contributed by atoms with Crippen molar-refractivity contribution < 1.29 is 14.3 Å². The second-order valence-electron chi connectivity index (χ2n) is 5.43. The molecule has 0 aliphatic heterocycles. The Hall–Kier alpha value is -3.06. The number of anilines is 1. The SMILES string of the molecule is COc1cc(OC)c(NC(=O)Cn2cnc3ccccc3c2=O)cc1Cl. The van der Waals surface area contributed by atoms with Crippen molar-refractivity contribution >= 4 is 34.1 Å². The lowest BCUT2D eigenvalue weighted by Gasteiger charge is -2.13. The summed E-state index contributed by atoms with van der Waals surface area (Å²) in [6, 6.07) is 10.1. The zero-order valence-corrected chi connectivity index (χ0v) is 14.9. The molecule has 0 radical (unpaired) electrons. The number of amides is 1. The van der Waals surface area contributed by atoms with Crippen molar-refractivity contribution in [3.8, 4) is 11.5 Å². The molecule has 0 unspecified atom stereocenters. The molecule has 26 heavy (non-hydrogen) atoms. The van der Waals surface area contributed by atoms with Gasteiger partial charge >= 0.3 is 0 Å². The number of carbonyl (C=O) groups is 1. The van der Waals surface area contributed by atoms with E-state index >= 15 is 0 Å². The van der Waals surface area contributed by atoms with Gasteiger partial charge in [-0.25, -0.2) is 4.98 Å². The zero-order valence-electron chi connectivity index (χ0n) is 14.2. The summed E-state index contributed by atoms with van der Waals surface area (Å²) < 4.78 is 11.6. The summed E-state index contributed by atoms with van der Waals surface area (Å²) >= 11 is 6.10. The fourth-order valence-corrected chi connectivity index (χ4v) is 2.76. The average Bonchev–Trinajstić information content (AvgIpc) is 2.64. The number of para-hydroxylation sites is 1. The van der Waals surface area contributed by atoms with Gasteiger partial charge in [0.2, 0.25) is 5.91 Å². The first-order chi connectivity index (χ1) is 12.5. The smallest absolute Gasteiger partial charge is 0.261 e. The quantitative estimate of drug-likeness (QED) is 0.743. The highest BCUT2D eigenvalue weighted by Crippen LogP contribution is 2.35. The second kappa shape index (κ2) is 7.45. The molecule has 0 saturated carbocycles. The molecular weight excluding hydrogens is 358 g/mol. The maximum atomic E-state index is 12.5. The second-order valence-corrected chi connectivity index (χ2v) is 5.84. The summed E-state index contributed by atoms with van der Waals surface area (Å²) in [5.74, 6) is 0.406. The van der Waals surface area contributed by atoms with Gasteiger partial charge < -0.3 is 14.8 Å². The lowest BCUT2D eigenvalue weighted by atomic mass is 10.2. The van der Waals surface area contributed by atoms with Crippen LogP contribution in [0.5, 0.6) is 11.5 Å². The molecule has 0 bridgehead atoms. The minimum absolute atomic E-state index is 0.191. The summed E-state index contributed by atoms with van der Waals surface area (Å²) in [7, 11) is 2.95. The normalized spacial score (nSPS) is 10.6. The van der Waals surface area contributed by atoms with Crippen LogP contribution in [0.4, 0.5) is 5.69 Å². The number of nitrogens with zero attached hydrogens (tertiary/aromatic N) is 2. The molecule has 3 rings (SSSR count). The van der Waals surface area contributed by atoms with E-state index in [1.54, 1.807) is 30.3 Å². The van der Waals surface area contributed by atoms with Crippen LogP contribution in [0, 0.1) is 0 Å². The number of hydrogen-bond acceptors (Lipinski definition) is 5. The van der Waals surface area contributed by atoms with Crippen molar-refractivity contribution in [2.45, 2.75) is 6.54 Å². The zero-order chi connectivity index (χ0) is 18.7. The number of carbonyl (C=O) groups excluding carboxylic acids is 1. The molecule has 0 atom stereocenters. The monoisotopic (exact) mass is 373 g/mol. The Morgan fingerprint density at radius 2 is 1.92 bits per heavy atom. The van der Waals surface area contributed by atoms with E-state index in [9.17, 15) is 9.59 Å². The topological polar surface area (TPSA) is 82.4 Å². The van der Waals surface area contributed by atoms with E-state index in [1.807, 2.05) is 0 Å². The van der Waals surface area contributed by atoms with E-state index in [1.165, 1.54) is 31.2 Å². The first kappa shape index (κ1) is 17.8. The number of methoxy groups -OCH3 is 2. The first-order valence-electron chi connectivity index (χ1n) is 7.69. The van der Waals surface area contributed by atoms with Crippen LogP contribution in [0.25, 0.3) is 10.9 Å². The van der Waals surface area contributed by atoms with E-state index in [0.29, 0.717) is 33.1 Å². The van der Waals surface area contributed by atoms with Gasteiger partial charge in [0, 0.05) is 6.07 Å². The number of ether oxygens (including phenoxy) is 2. The maximum absolute atomic E-state index is 12.5. The van der Waals surface area contributed by atoms with E-state index in [-0.39, 0.29) is 12.1 Å². The van der Waals surface area contributed by atoms with Gasteiger partial charge in [-0.05, 0) is 18.2 Å². The third-order valence-corrected chi connectivity index (χ3v) is 4.09. The van der Waals surface area contributed by atoms with E-state index in [0.717, 1.165) is 0 Å². The molecule has 0 aliphatic carbocycles. The fourth-order valence-electron chi connectivity index (χ4n) is 2.52. The lowest BCUT2D eigenvalue weighted by Crippen LogP contribution is -2.28. The van der Waals surface area contributed by atoms with Gasteiger partial charge in [0.25, 0.3) is 5.56 Å². The summed E-state index contributed by atoms with van der Waals surface area (Å²) in [4.78, 5) is 29.0. The van der Waals surface area contributed by atoms with Crippen molar-refractivity contribution in [1.82, 2.24) is 9.55 Å². The van der Waals surface area contributed by atoms with Gasteiger partial charge in [0.15, 0.2) is 0 Å². The molecule has 0 saturated heterocycles. The number of nitrogens with one attached hydrogen (secondary N) is 1. The molecule has 1 amide bonds. The Balaban J connectivity index is 1.85. The van der Waals surface area contributed by atoms with E-state index < -0.39 is 5.91 Å². The van der Waals surface area contributed by atoms with E-state index in [2.05, 4.69) is 10.3 Å². The summed E-state index contributed by atoms with van der Waals surface area (Å²) in [5.41, 5.74) is 0.674. The van der Waals surface area contributed by atoms with Gasteiger partial charge in [-0.1, -0.05) is 23.7 Å². The standard InChI is InChI=1S/C18H16ClN3O4/c1-25-15-8-16(26-2)14(7-12(15)19)21-17(23)9-22-10-20-13-6-4-3-5-11(13)18(22)24/h3-8,10H,9H2,1-2H3,(H,21,23). The molecule has 1 aromatic heterocycles. The third kappa shape index (κ3) is 3.48. The van der Waals surface area contributed by atoms with Crippen LogP contribution in [-0.4, -0.2) is 29.7 Å². The van der Waals surface area contributed by atoms with Crippen LogP contribution < -0.4 is 20.3 Å². The van der Waals surface area contributed by atoms with Crippen LogP contribution >= 0.6 is 11.6 Å². The first-order valence-corrected chi connectivity index (χ1v) is 8.07. The maximum Gasteiger partial charge on any atom is 0.261 e. The van der Waals surface area contributed by atoms with Crippen LogP contribution in [0.2, 0.25) is 5.02 Å². The highest BCUT2D eigenvalue weighted by atomic mass is 35.5. The summed E-state index contributed by atoms with van der Waals surface area (Å²) in [5, 5.41) is 3.46. The molecule has 1 heterocycles. The Bertz CT molecular complexity index is 1030. The molecule has 134 valence electrons. The lowest BCUT2D eigenvalue weighted by molar-refractivity contribution is -0.116. The largest absolute Gasteiger partial charge is 0.495 e. The van der Waals surface area contributed by atoms with Gasteiger partial charge in [-0.3, -0.25) is 14.2 Å². The van der Waals surface area contributed by atoms with Crippen molar-refractivity contribution in [2.24, 2.45) is 0 Å². The molecule has 0 spiro atoms. The average molecular weight is 374 g/mol. The van der Waals surface area contributed by atoms with Crippen LogP contribution in [0.1, 0.15) is 0 Å². The molecule has 1 N–H and O–H groups in total. The van der Waals surface area contributed by atoms with Gasteiger partial charge in [0.05, 0.1) is 42.2 Å². The predicted molar refractivity (Wildman–Crippen MR) is 99.2 cm³/mol. The van der Waals surface area contributed by atoms with Crippen LogP contribution in [0.3, 0.4) is 0 Å². The third-order valence-electron chi connectivity index (χ3n) is 3.79. The number of aromatic nitrogens is 2. The van der Waals surface area contributed by atoms with Crippen LogP contribution in [0.15, 0.2) is 47.5 Å². The fraction of sp³-hybridized carbons (Fsp3) is 0.167. The summed E-state index contributed by atoms with van der Waals surface area (Å²) in [6.07, 6.45) is 1.35. The number of hydrogen-bond donors (Lipinski definition) is 1. The van der Waals surface area contributed by atoms with Gasteiger partial charge in [-0.2, -0.15) is 0 Å². The van der Waals surface area contributed by atoms with Crippen molar-refractivity contribution in [3.63, 3.8) is 0 Å². The molecule has 0 aliphatic rings. The molecular formula is C18H16ClN3O4. The molecule has 0 fully saturated rings. The molecule has 3 aromatic rings. The van der Waals surface area contributed by atoms with E-state index in [4.69, 9.17) is 21.1 Å². The highest BCUT2D eigenvalue weighted by Gasteiger charge is 2.14. The van der Waals surface area contributed by atoms with Crippen molar-refractivity contribution in [1.29, 1.82) is 0 Å². The number of fused-ring (bicyclic) bond motifs is 1. The Kier molecular flexibility index (Phi) is 5.09.